The summed E-state index contributed by atoms with van der Waals surface area (Å²) in [6.45, 7) is 7.29. The van der Waals surface area contributed by atoms with E-state index in [1.54, 1.807) is 12.4 Å². The van der Waals surface area contributed by atoms with Crippen LogP contribution in [0.2, 0.25) is 0 Å². The summed E-state index contributed by atoms with van der Waals surface area (Å²) in [4.78, 5) is 33.2. The third kappa shape index (κ3) is 6.14. The summed E-state index contributed by atoms with van der Waals surface area (Å²) in [7, 11) is 0. The van der Waals surface area contributed by atoms with E-state index in [0.29, 0.717) is 23.8 Å². The number of hydrogen-bond acceptors (Lipinski definition) is 8. The lowest BCUT2D eigenvalue weighted by molar-refractivity contribution is -0.142. The molecule has 11 nitrogen and oxygen atoms in total. The first-order valence-corrected chi connectivity index (χ1v) is 12.8. The van der Waals surface area contributed by atoms with E-state index in [1.807, 2.05) is 67.8 Å². The molecule has 0 bridgehead atoms. The van der Waals surface area contributed by atoms with Crippen LogP contribution in [0.25, 0.3) is 5.65 Å². The first-order valence-electron chi connectivity index (χ1n) is 12.8. The Bertz CT molecular complexity index is 1510. The number of urea groups is 1. The van der Waals surface area contributed by atoms with Crippen molar-refractivity contribution in [3.8, 4) is 5.75 Å². The Morgan fingerprint density at radius 2 is 1.87 bits per heavy atom. The predicted molar refractivity (Wildman–Crippen MR) is 143 cm³/mol. The Hall–Kier alpha value is -4.54. The lowest BCUT2D eigenvalue weighted by Crippen LogP contribution is -2.36. The van der Waals surface area contributed by atoms with Gasteiger partial charge in [-0.05, 0) is 36.1 Å². The molecule has 4 aromatic rings. The van der Waals surface area contributed by atoms with Gasteiger partial charge in [-0.25, -0.2) is 14.8 Å². The van der Waals surface area contributed by atoms with Crippen LogP contribution < -0.4 is 15.4 Å². The smallest absolute Gasteiger partial charge is 0.320 e. The second-order valence-corrected chi connectivity index (χ2v) is 10.5. The molecule has 1 aromatic carbocycles. The van der Waals surface area contributed by atoms with Crippen LogP contribution in [-0.4, -0.2) is 36.6 Å². The number of esters is 1. The van der Waals surface area contributed by atoms with Gasteiger partial charge in [0.25, 0.3) is 0 Å². The maximum Gasteiger partial charge on any atom is 0.320 e. The van der Waals surface area contributed by atoms with Crippen LogP contribution in [0.5, 0.6) is 5.75 Å². The largest absolute Gasteiger partial charge is 0.484 e. The molecule has 0 fully saturated rings. The van der Waals surface area contributed by atoms with Crippen LogP contribution in [0, 0.1) is 0 Å². The van der Waals surface area contributed by atoms with E-state index in [9.17, 15) is 9.59 Å². The molecule has 2 N–H and O–H groups in total. The van der Waals surface area contributed by atoms with E-state index in [0.717, 1.165) is 28.9 Å². The topological polar surface area (TPSA) is 133 Å². The molecule has 0 aliphatic heterocycles. The zero-order valence-corrected chi connectivity index (χ0v) is 22.3. The van der Waals surface area contributed by atoms with Crippen molar-refractivity contribution in [3.05, 3.63) is 77.6 Å². The second kappa shape index (κ2) is 10.7. The summed E-state index contributed by atoms with van der Waals surface area (Å²) >= 11 is 0. The number of carbonyl (C=O) groups excluding carboxylic acids is 2. The standard InChI is InChI=1S/C28H31N7O4/c1-17(36)38-15-25-31-23(28(2,3)4)13-24(32-25)33-27(37)30-21-10-11-22(20-8-6-5-7-19(20)21)39-18-9-12-26-34-29-16-35(26)14-18/h5-9,12-14,16,21-22H,10-11,15H2,1-4H3,(H2,30,31,32,33,37). The van der Waals surface area contributed by atoms with Crippen LogP contribution in [0.3, 0.4) is 0 Å². The number of benzene rings is 1. The fraction of sp³-hybridized carbons (Fsp3) is 0.357. The number of carbonyl (C=O) groups is 2. The highest BCUT2D eigenvalue weighted by molar-refractivity contribution is 5.88. The number of nitrogens with zero attached hydrogens (tertiary/aromatic N) is 5. The summed E-state index contributed by atoms with van der Waals surface area (Å²) in [5.41, 5.74) is 3.21. The number of fused-ring (bicyclic) bond motifs is 2. The highest BCUT2D eigenvalue weighted by Crippen LogP contribution is 2.38. The molecular weight excluding hydrogens is 498 g/mol. The summed E-state index contributed by atoms with van der Waals surface area (Å²) < 4.78 is 13.2. The maximum absolute atomic E-state index is 13.1. The molecular formula is C28H31N7O4. The lowest BCUT2D eigenvalue weighted by atomic mass is 9.85. The minimum atomic E-state index is -0.426. The Labute approximate surface area is 226 Å². The minimum Gasteiger partial charge on any atom is -0.484 e. The Morgan fingerprint density at radius 1 is 1.08 bits per heavy atom. The number of rotatable bonds is 6. The number of hydrogen-bond donors (Lipinski definition) is 2. The average molecular weight is 530 g/mol. The highest BCUT2D eigenvalue weighted by Gasteiger charge is 2.29. The van der Waals surface area contributed by atoms with Crippen LogP contribution in [0.1, 0.15) is 75.3 Å². The summed E-state index contributed by atoms with van der Waals surface area (Å²) in [6.07, 6.45) is 4.75. The van der Waals surface area contributed by atoms with Gasteiger partial charge >= 0.3 is 12.0 Å². The molecule has 3 aromatic heterocycles. The molecule has 39 heavy (non-hydrogen) atoms. The number of anilines is 1. The summed E-state index contributed by atoms with van der Waals surface area (Å²) in [5, 5.41) is 13.9. The van der Waals surface area contributed by atoms with Gasteiger partial charge in [0, 0.05) is 18.4 Å². The van der Waals surface area contributed by atoms with E-state index in [-0.39, 0.29) is 30.2 Å². The lowest BCUT2D eigenvalue weighted by Gasteiger charge is -2.32. The minimum absolute atomic E-state index is 0.0722. The first kappa shape index (κ1) is 26.1. The normalized spacial score (nSPS) is 16.8. The van der Waals surface area contributed by atoms with Gasteiger partial charge in [0.2, 0.25) is 0 Å². The van der Waals surface area contributed by atoms with E-state index >= 15 is 0 Å². The van der Waals surface area contributed by atoms with Crippen LogP contribution in [0.4, 0.5) is 10.6 Å². The van der Waals surface area contributed by atoms with Crippen molar-refractivity contribution in [2.75, 3.05) is 5.32 Å². The Morgan fingerprint density at radius 3 is 2.64 bits per heavy atom. The van der Waals surface area contributed by atoms with Crippen molar-refractivity contribution in [1.82, 2.24) is 29.9 Å². The summed E-state index contributed by atoms with van der Waals surface area (Å²) in [5.74, 6) is 0.948. The van der Waals surface area contributed by atoms with Gasteiger partial charge in [0.05, 0.1) is 17.9 Å². The van der Waals surface area contributed by atoms with Crippen molar-refractivity contribution < 1.29 is 19.1 Å². The molecule has 11 heteroatoms. The van der Waals surface area contributed by atoms with Crippen molar-refractivity contribution in [2.24, 2.45) is 0 Å². The quantitative estimate of drug-likeness (QED) is 0.345. The fourth-order valence-electron chi connectivity index (χ4n) is 4.55. The van der Waals surface area contributed by atoms with Crippen LogP contribution >= 0.6 is 0 Å². The number of ether oxygens (including phenoxy) is 2. The molecule has 1 aliphatic rings. The van der Waals surface area contributed by atoms with Crippen molar-refractivity contribution >= 4 is 23.5 Å². The molecule has 0 saturated carbocycles. The molecule has 2 unspecified atom stereocenters. The molecule has 2 amide bonds. The van der Waals surface area contributed by atoms with E-state index in [1.165, 1.54) is 6.92 Å². The summed E-state index contributed by atoms with van der Waals surface area (Å²) in [6, 6.07) is 12.9. The van der Waals surface area contributed by atoms with E-state index in [4.69, 9.17) is 9.47 Å². The molecule has 0 saturated heterocycles. The van der Waals surface area contributed by atoms with Crippen molar-refractivity contribution in [2.45, 2.75) is 64.7 Å². The Kier molecular flexibility index (Phi) is 7.14. The fourth-order valence-corrected chi connectivity index (χ4v) is 4.55. The van der Waals surface area contributed by atoms with Gasteiger partial charge < -0.3 is 14.8 Å². The van der Waals surface area contributed by atoms with E-state index in [2.05, 4.69) is 30.8 Å². The highest BCUT2D eigenvalue weighted by atomic mass is 16.5. The van der Waals surface area contributed by atoms with Crippen LogP contribution in [-0.2, 0) is 21.6 Å². The van der Waals surface area contributed by atoms with E-state index < -0.39 is 5.97 Å². The number of amides is 2. The van der Waals surface area contributed by atoms with Gasteiger partial charge in [-0.3, -0.25) is 14.5 Å². The van der Waals surface area contributed by atoms with Gasteiger partial charge in [-0.1, -0.05) is 45.0 Å². The van der Waals surface area contributed by atoms with Crippen molar-refractivity contribution in [3.63, 3.8) is 0 Å². The molecule has 3 heterocycles. The van der Waals surface area contributed by atoms with Gasteiger partial charge in [0.15, 0.2) is 18.1 Å². The third-order valence-corrected chi connectivity index (χ3v) is 6.47. The molecule has 1 aliphatic carbocycles. The average Bonchev–Trinajstić information content (AvgIpc) is 3.36. The molecule has 0 radical (unpaired) electrons. The predicted octanol–water partition coefficient (Wildman–Crippen LogP) is 4.66. The van der Waals surface area contributed by atoms with Crippen LogP contribution in [0.15, 0.2) is 55.0 Å². The molecule has 202 valence electrons. The van der Waals surface area contributed by atoms with Crippen molar-refractivity contribution in [1.29, 1.82) is 0 Å². The SMILES string of the molecule is CC(=O)OCc1nc(NC(=O)NC2CCC(Oc3ccc4nncn4c3)c3ccccc32)cc(C(C)(C)C)n1. The molecule has 5 rings (SSSR count). The zero-order valence-electron chi connectivity index (χ0n) is 22.3. The third-order valence-electron chi connectivity index (χ3n) is 6.47. The van der Waals surface area contributed by atoms with Gasteiger partial charge in [-0.15, -0.1) is 10.2 Å². The second-order valence-electron chi connectivity index (χ2n) is 10.5. The number of aromatic nitrogens is 5. The zero-order chi connectivity index (χ0) is 27.6. The molecule has 2 atom stereocenters. The first-order chi connectivity index (χ1) is 18.7. The van der Waals surface area contributed by atoms with Gasteiger partial charge in [0.1, 0.15) is 24.0 Å². The Balaban J connectivity index is 1.30. The number of pyridine rings is 1. The maximum atomic E-state index is 13.1. The molecule has 0 spiro atoms. The van der Waals surface area contributed by atoms with Gasteiger partial charge in [-0.2, -0.15) is 0 Å². The monoisotopic (exact) mass is 529 g/mol. The number of nitrogens with one attached hydrogen (secondary N) is 2.